The van der Waals surface area contributed by atoms with Crippen LogP contribution in [0, 0.1) is 5.92 Å². The predicted octanol–water partition coefficient (Wildman–Crippen LogP) is 2.70. The summed E-state index contributed by atoms with van der Waals surface area (Å²) >= 11 is 5.99. The standard InChI is InChI=1S/C20H26ClN3O4S/c1-3-13(2)18(11-25)22-20(26)17-10-19(14-4-6-15(21)7-5-14)24(23-17)16-8-9-29(27,28)12-16/h4-7,10,13,16,18,25H,3,8-9,11-12H2,1-2H3,(H,22,26). The lowest BCUT2D eigenvalue weighted by Gasteiger charge is -2.21. The third-order valence-corrected chi connectivity index (χ3v) is 7.51. The molecule has 7 nitrogen and oxygen atoms in total. The summed E-state index contributed by atoms with van der Waals surface area (Å²) in [5, 5.41) is 17.5. The SMILES string of the molecule is CCC(C)C(CO)NC(=O)c1cc(-c2ccc(Cl)cc2)n(C2CCS(=O)(=O)C2)n1. The highest BCUT2D eigenvalue weighted by molar-refractivity contribution is 7.91. The van der Waals surface area contributed by atoms with Gasteiger partial charge in [0.1, 0.15) is 0 Å². The van der Waals surface area contributed by atoms with Crippen LogP contribution in [0.15, 0.2) is 30.3 Å². The zero-order valence-corrected chi connectivity index (χ0v) is 18.1. The van der Waals surface area contributed by atoms with Gasteiger partial charge in [0.15, 0.2) is 15.5 Å². The van der Waals surface area contributed by atoms with Crippen LogP contribution in [0.5, 0.6) is 0 Å². The number of nitrogens with zero attached hydrogens (tertiary/aromatic N) is 2. The van der Waals surface area contributed by atoms with Gasteiger partial charge in [-0.05, 0) is 36.1 Å². The first-order chi connectivity index (χ1) is 13.7. The highest BCUT2D eigenvalue weighted by Gasteiger charge is 2.32. The Morgan fingerprint density at radius 1 is 1.38 bits per heavy atom. The number of benzene rings is 1. The van der Waals surface area contributed by atoms with E-state index in [1.807, 2.05) is 26.0 Å². The molecule has 1 aliphatic rings. The molecule has 1 aromatic heterocycles. The summed E-state index contributed by atoms with van der Waals surface area (Å²) in [5.74, 6) is -0.164. The fourth-order valence-electron chi connectivity index (χ4n) is 3.48. The minimum atomic E-state index is -3.11. The zero-order chi connectivity index (χ0) is 21.2. The summed E-state index contributed by atoms with van der Waals surface area (Å²) < 4.78 is 25.6. The molecule has 3 unspecified atom stereocenters. The van der Waals surface area contributed by atoms with Crippen molar-refractivity contribution in [2.75, 3.05) is 18.1 Å². The number of hydrogen-bond donors (Lipinski definition) is 2. The van der Waals surface area contributed by atoms with E-state index in [9.17, 15) is 18.3 Å². The van der Waals surface area contributed by atoms with Crippen molar-refractivity contribution in [1.29, 1.82) is 0 Å². The maximum atomic E-state index is 12.8. The quantitative estimate of drug-likeness (QED) is 0.690. The Bertz CT molecular complexity index is 972. The Kier molecular flexibility index (Phi) is 6.65. The van der Waals surface area contributed by atoms with Crippen LogP contribution in [0.4, 0.5) is 0 Å². The fourth-order valence-corrected chi connectivity index (χ4v) is 5.30. The van der Waals surface area contributed by atoms with Crippen LogP contribution >= 0.6 is 11.6 Å². The molecule has 3 rings (SSSR count). The zero-order valence-electron chi connectivity index (χ0n) is 16.5. The van der Waals surface area contributed by atoms with Gasteiger partial charge in [-0.2, -0.15) is 5.10 Å². The van der Waals surface area contributed by atoms with Crippen molar-refractivity contribution in [3.05, 3.63) is 41.0 Å². The van der Waals surface area contributed by atoms with Crippen molar-refractivity contribution < 1.29 is 18.3 Å². The van der Waals surface area contributed by atoms with Gasteiger partial charge in [0.25, 0.3) is 5.91 Å². The van der Waals surface area contributed by atoms with Crippen molar-refractivity contribution in [2.24, 2.45) is 5.92 Å². The van der Waals surface area contributed by atoms with Crippen LogP contribution < -0.4 is 5.32 Å². The van der Waals surface area contributed by atoms with E-state index in [4.69, 9.17) is 11.6 Å². The Hall–Kier alpha value is -1.90. The number of carbonyl (C=O) groups excluding carboxylic acids is 1. The van der Waals surface area contributed by atoms with E-state index in [1.165, 1.54) is 0 Å². The molecule has 2 aromatic rings. The lowest BCUT2D eigenvalue weighted by atomic mass is 10.00. The topological polar surface area (TPSA) is 101 Å². The first-order valence-electron chi connectivity index (χ1n) is 9.71. The van der Waals surface area contributed by atoms with E-state index < -0.39 is 9.84 Å². The molecule has 0 radical (unpaired) electrons. The van der Waals surface area contributed by atoms with Gasteiger partial charge in [-0.1, -0.05) is 44.0 Å². The summed E-state index contributed by atoms with van der Waals surface area (Å²) in [7, 11) is -3.11. The molecule has 3 atom stereocenters. The average Bonchev–Trinajstić information content (AvgIpc) is 3.29. The molecular weight excluding hydrogens is 414 g/mol. The van der Waals surface area contributed by atoms with Crippen molar-refractivity contribution in [2.45, 2.75) is 38.8 Å². The highest BCUT2D eigenvalue weighted by Crippen LogP contribution is 2.30. The van der Waals surface area contributed by atoms with Crippen LogP contribution in [0.25, 0.3) is 11.3 Å². The van der Waals surface area contributed by atoms with Gasteiger partial charge < -0.3 is 10.4 Å². The van der Waals surface area contributed by atoms with Gasteiger partial charge in [-0.15, -0.1) is 0 Å². The number of hydrogen-bond acceptors (Lipinski definition) is 5. The number of aliphatic hydroxyl groups is 1. The molecular formula is C20H26ClN3O4S. The van der Waals surface area contributed by atoms with Crippen molar-refractivity contribution >= 4 is 27.3 Å². The lowest BCUT2D eigenvalue weighted by molar-refractivity contribution is 0.0885. The van der Waals surface area contributed by atoms with Crippen LogP contribution in [-0.4, -0.2) is 53.4 Å². The molecule has 1 aliphatic heterocycles. The first-order valence-corrected chi connectivity index (χ1v) is 11.9. The Morgan fingerprint density at radius 3 is 2.62 bits per heavy atom. The summed E-state index contributed by atoms with van der Waals surface area (Å²) in [6.07, 6.45) is 1.27. The molecule has 158 valence electrons. The third kappa shape index (κ3) is 4.99. The summed E-state index contributed by atoms with van der Waals surface area (Å²) in [6, 6.07) is 8.08. The van der Waals surface area contributed by atoms with Crippen molar-refractivity contribution in [1.82, 2.24) is 15.1 Å². The number of halogens is 1. The first kappa shape index (κ1) is 21.8. The van der Waals surface area contributed by atoms with Crippen molar-refractivity contribution in [3.63, 3.8) is 0 Å². The lowest BCUT2D eigenvalue weighted by Crippen LogP contribution is -2.42. The monoisotopic (exact) mass is 439 g/mol. The predicted molar refractivity (Wildman–Crippen MR) is 113 cm³/mol. The minimum absolute atomic E-state index is 0.00244. The van der Waals surface area contributed by atoms with Gasteiger partial charge in [0.2, 0.25) is 0 Å². The maximum absolute atomic E-state index is 12.8. The number of sulfone groups is 1. The number of rotatable bonds is 7. The van der Waals surface area contributed by atoms with Gasteiger partial charge in [-0.25, -0.2) is 8.42 Å². The molecule has 1 amide bonds. The van der Waals surface area contributed by atoms with Crippen LogP contribution in [-0.2, 0) is 9.84 Å². The Balaban J connectivity index is 1.96. The smallest absolute Gasteiger partial charge is 0.272 e. The average molecular weight is 440 g/mol. The minimum Gasteiger partial charge on any atom is -0.394 e. The van der Waals surface area contributed by atoms with Crippen molar-refractivity contribution in [3.8, 4) is 11.3 Å². The number of aromatic nitrogens is 2. The van der Waals surface area contributed by atoms with E-state index >= 15 is 0 Å². The normalized spacial score (nSPS) is 20.3. The van der Waals surface area contributed by atoms with E-state index in [-0.39, 0.29) is 47.7 Å². The summed E-state index contributed by atoms with van der Waals surface area (Å²) in [4.78, 5) is 12.8. The van der Waals surface area contributed by atoms with Gasteiger partial charge in [0, 0.05) is 5.02 Å². The number of nitrogens with one attached hydrogen (secondary N) is 1. The van der Waals surface area contributed by atoms with Gasteiger partial charge >= 0.3 is 0 Å². The van der Waals surface area contributed by atoms with Gasteiger partial charge in [-0.3, -0.25) is 9.48 Å². The molecule has 0 aliphatic carbocycles. The van der Waals surface area contributed by atoms with Crippen LogP contribution in [0.2, 0.25) is 5.02 Å². The highest BCUT2D eigenvalue weighted by atomic mass is 35.5. The summed E-state index contributed by atoms with van der Waals surface area (Å²) in [5.41, 5.74) is 1.66. The second-order valence-corrected chi connectivity index (χ2v) is 10.2. The van der Waals surface area contributed by atoms with E-state index in [0.29, 0.717) is 17.1 Å². The van der Waals surface area contributed by atoms with E-state index in [0.717, 1.165) is 12.0 Å². The maximum Gasteiger partial charge on any atom is 0.272 e. The molecule has 2 heterocycles. The number of amides is 1. The molecule has 9 heteroatoms. The second kappa shape index (κ2) is 8.85. The Morgan fingerprint density at radius 2 is 2.07 bits per heavy atom. The van der Waals surface area contributed by atoms with Gasteiger partial charge in [0.05, 0.1) is 35.9 Å². The molecule has 1 aromatic carbocycles. The molecule has 1 saturated heterocycles. The molecule has 2 N–H and O–H groups in total. The molecule has 1 fully saturated rings. The number of aliphatic hydroxyl groups excluding tert-OH is 1. The second-order valence-electron chi connectivity index (χ2n) is 7.57. The van der Waals surface area contributed by atoms with E-state index in [2.05, 4.69) is 10.4 Å². The molecule has 0 saturated carbocycles. The largest absolute Gasteiger partial charge is 0.394 e. The van der Waals surface area contributed by atoms with E-state index in [1.54, 1.807) is 22.9 Å². The fraction of sp³-hybridized carbons (Fsp3) is 0.500. The van der Waals surface area contributed by atoms with Crippen LogP contribution in [0.1, 0.15) is 43.2 Å². The summed E-state index contributed by atoms with van der Waals surface area (Å²) in [6.45, 7) is 3.79. The number of carbonyl (C=O) groups is 1. The molecule has 0 bridgehead atoms. The molecule has 0 spiro atoms. The van der Waals surface area contributed by atoms with Crippen LogP contribution in [0.3, 0.4) is 0 Å². The molecule has 29 heavy (non-hydrogen) atoms. The third-order valence-electron chi connectivity index (χ3n) is 5.51. The Labute approximate surface area is 176 Å².